The predicted octanol–water partition coefficient (Wildman–Crippen LogP) is 2.93. The summed E-state index contributed by atoms with van der Waals surface area (Å²) in [4.78, 5) is 6.32. The molecule has 0 atom stereocenters. The summed E-state index contributed by atoms with van der Waals surface area (Å²) in [6, 6.07) is 15.7. The molecule has 2 rings (SSSR count). The van der Waals surface area contributed by atoms with Crippen LogP contribution in [-0.2, 0) is 6.54 Å². The highest BCUT2D eigenvalue weighted by Crippen LogP contribution is 2.08. The maximum Gasteiger partial charge on any atom is 0.128 e. The Balaban J connectivity index is 2.12. The first-order valence-electron chi connectivity index (χ1n) is 6.10. The van der Waals surface area contributed by atoms with Gasteiger partial charge in [0.1, 0.15) is 5.84 Å². The number of amidine groups is 1. The Bertz CT molecular complexity index is 494. The molecule has 0 aliphatic rings. The fourth-order valence-electron chi connectivity index (χ4n) is 1.81. The summed E-state index contributed by atoms with van der Waals surface area (Å²) in [6.45, 7) is 3.52. The Morgan fingerprint density at radius 2 is 1.83 bits per heavy atom. The minimum Gasteiger partial charge on any atom is -0.351 e. The lowest BCUT2D eigenvalue weighted by molar-refractivity contribution is 0.427. The molecule has 92 valence electrons. The third-order valence-electron chi connectivity index (χ3n) is 2.82. The Labute approximate surface area is 108 Å². The molecule has 0 saturated carbocycles. The van der Waals surface area contributed by atoms with E-state index in [0.717, 1.165) is 17.8 Å². The Hall–Kier alpha value is -2.16. The molecule has 0 aliphatic heterocycles. The fourth-order valence-corrected chi connectivity index (χ4v) is 1.81. The van der Waals surface area contributed by atoms with E-state index in [0.29, 0.717) is 12.4 Å². The third-order valence-corrected chi connectivity index (χ3v) is 2.82. The van der Waals surface area contributed by atoms with Gasteiger partial charge in [-0.1, -0.05) is 36.4 Å². The van der Waals surface area contributed by atoms with Crippen LogP contribution in [0.3, 0.4) is 0 Å². The summed E-state index contributed by atoms with van der Waals surface area (Å²) < 4.78 is 0. The van der Waals surface area contributed by atoms with Crippen LogP contribution in [0.2, 0.25) is 0 Å². The van der Waals surface area contributed by atoms with Gasteiger partial charge in [0.25, 0.3) is 0 Å². The van der Waals surface area contributed by atoms with Crippen molar-refractivity contribution in [1.29, 1.82) is 5.41 Å². The highest BCUT2D eigenvalue weighted by molar-refractivity contribution is 5.96. The molecular weight excluding hydrogens is 222 g/mol. The summed E-state index contributed by atoms with van der Waals surface area (Å²) in [5.74, 6) is 0.545. The van der Waals surface area contributed by atoms with Gasteiger partial charge in [0.05, 0.1) is 12.2 Å². The van der Waals surface area contributed by atoms with Crippen molar-refractivity contribution in [3.8, 4) is 0 Å². The van der Waals surface area contributed by atoms with Crippen LogP contribution in [0, 0.1) is 5.41 Å². The molecule has 0 saturated heterocycles. The molecule has 0 radical (unpaired) electrons. The van der Waals surface area contributed by atoms with Crippen LogP contribution >= 0.6 is 0 Å². The average molecular weight is 239 g/mol. The molecule has 2 aromatic rings. The number of rotatable bonds is 4. The molecule has 1 aromatic carbocycles. The number of aromatic nitrogens is 1. The lowest BCUT2D eigenvalue weighted by Crippen LogP contribution is -2.30. The van der Waals surface area contributed by atoms with Crippen LogP contribution in [-0.4, -0.2) is 22.3 Å². The number of hydrogen-bond donors (Lipinski definition) is 1. The molecule has 0 aliphatic carbocycles. The number of nitrogens with zero attached hydrogens (tertiary/aromatic N) is 2. The molecule has 0 amide bonds. The van der Waals surface area contributed by atoms with Crippen molar-refractivity contribution in [2.75, 3.05) is 6.54 Å². The van der Waals surface area contributed by atoms with Crippen LogP contribution in [0.1, 0.15) is 18.2 Å². The number of hydrogen-bond acceptors (Lipinski definition) is 2. The molecule has 0 fully saturated rings. The highest BCUT2D eigenvalue weighted by atomic mass is 15.2. The van der Waals surface area contributed by atoms with E-state index in [9.17, 15) is 0 Å². The lowest BCUT2D eigenvalue weighted by Gasteiger charge is -2.23. The number of pyridine rings is 1. The quantitative estimate of drug-likeness (QED) is 0.658. The summed E-state index contributed by atoms with van der Waals surface area (Å²) in [5.41, 5.74) is 1.93. The van der Waals surface area contributed by atoms with Gasteiger partial charge in [0.2, 0.25) is 0 Å². The van der Waals surface area contributed by atoms with E-state index in [1.54, 1.807) is 6.20 Å². The Morgan fingerprint density at radius 1 is 1.11 bits per heavy atom. The molecule has 1 N–H and O–H groups in total. The maximum atomic E-state index is 8.23. The second-order valence-electron chi connectivity index (χ2n) is 4.05. The molecule has 3 nitrogen and oxygen atoms in total. The van der Waals surface area contributed by atoms with E-state index < -0.39 is 0 Å². The summed E-state index contributed by atoms with van der Waals surface area (Å²) in [7, 11) is 0. The highest BCUT2D eigenvalue weighted by Gasteiger charge is 2.10. The average Bonchev–Trinajstić information content (AvgIpc) is 2.46. The first-order valence-corrected chi connectivity index (χ1v) is 6.10. The van der Waals surface area contributed by atoms with Crippen LogP contribution < -0.4 is 0 Å². The van der Waals surface area contributed by atoms with Crippen LogP contribution in [0.15, 0.2) is 54.7 Å². The van der Waals surface area contributed by atoms with Crippen molar-refractivity contribution in [2.45, 2.75) is 13.5 Å². The van der Waals surface area contributed by atoms with Gasteiger partial charge in [-0.05, 0) is 19.1 Å². The molecule has 0 spiro atoms. The summed E-state index contributed by atoms with van der Waals surface area (Å²) in [5, 5.41) is 8.23. The molecule has 0 unspecified atom stereocenters. The fraction of sp³-hybridized carbons (Fsp3) is 0.200. The SMILES string of the molecule is CCN(Cc1ccccn1)C(=N)c1ccccc1. The van der Waals surface area contributed by atoms with Gasteiger partial charge in [0.15, 0.2) is 0 Å². The van der Waals surface area contributed by atoms with Crippen molar-refractivity contribution in [1.82, 2.24) is 9.88 Å². The van der Waals surface area contributed by atoms with Gasteiger partial charge in [-0.15, -0.1) is 0 Å². The second kappa shape index (κ2) is 5.96. The van der Waals surface area contributed by atoms with E-state index in [2.05, 4.69) is 11.9 Å². The molecule has 18 heavy (non-hydrogen) atoms. The standard InChI is InChI=1S/C15H17N3/c1-2-18(12-14-10-6-7-11-17-14)15(16)13-8-4-3-5-9-13/h3-11,16H,2,12H2,1H3. The molecule has 1 aromatic heterocycles. The van der Waals surface area contributed by atoms with Crippen LogP contribution in [0.5, 0.6) is 0 Å². The van der Waals surface area contributed by atoms with Crippen LogP contribution in [0.4, 0.5) is 0 Å². The lowest BCUT2D eigenvalue weighted by atomic mass is 10.2. The Morgan fingerprint density at radius 3 is 2.44 bits per heavy atom. The van der Waals surface area contributed by atoms with Gasteiger partial charge in [-0.25, -0.2) is 0 Å². The van der Waals surface area contributed by atoms with Crippen molar-refractivity contribution in [3.05, 3.63) is 66.0 Å². The zero-order chi connectivity index (χ0) is 12.8. The van der Waals surface area contributed by atoms with E-state index in [-0.39, 0.29) is 0 Å². The minimum atomic E-state index is 0.545. The monoisotopic (exact) mass is 239 g/mol. The minimum absolute atomic E-state index is 0.545. The van der Waals surface area contributed by atoms with E-state index in [1.807, 2.05) is 53.4 Å². The van der Waals surface area contributed by atoms with E-state index in [4.69, 9.17) is 5.41 Å². The normalized spacial score (nSPS) is 10.1. The second-order valence-corrected chi connectivity index (χ2v) is 4.05. The first kappa shape index (κ1) is 12.3. The zero-order valence-electron chi connectivity index (χ0n) is 10.5. The summed E-state index contributed by atoms with van der Waals surface area (Å²) in [6.07, 6.45) is 1.79. The predicted molar refractivity (Wildman–Crippen MR) is 73.6 cm³/mol. The largest absolute Gasteiger partial charge is 0.351 e. The molecule has 0 bridgehead atoms. The number of nitrogens with one attached hydrogen (secondary N) is 1. The third kappa shape index (κ3) is 2.94. The zero-order valence-corrected chi connectivity index (χ0v) is 10.5. The number of benzene rings is 1. The van der Waals surface area contributed by atoms with E-state index >= 15 is 0 Å². The van der Waals surface area contributed by atoms with Crippen LogP contribution in [0.25, 0.3) is 0 Å². The van der Waals surface area contributed by atoms with Crippen molar-refractivity contribution < 1.29 is 0 Å². The topological polar surface area (TPSA) is 40.0 Å². The smallest absolute Gasteiger partial charge is 0.128 e. The molecular formula is C15H17N3. The van der Waals surface area contributed by atoms with Gasteiger partial charge < -0.3 is 4.90 Å². The van der Waals surface area contributed by atoms with Crippen molar-refractivity contribution in [3.63, 3.8) is 0 Å². The van der Waals surface area contributed by atoms with Gasteiger partial charge >= 0.3 is 0 Å². The van der Waals surface area contributed by atoms with Gasteiger partial charge in [-0.2, -0.15) is 0 Å². The Kier molecular flexibility index (Phi) is 4.07. The first-order chi connectivity index (χ1) is 8.81. The molecule has 3 heteroatoms. The summed E-state index contributed by atoms with van der Waals surface area (Å²) >= 11 is 0. The maximum absolute atomic E-state index is 8.23. The van der Waals surface area contributed by atoms with Gasteiger partial charge in [0, 0.05) is 18.3 Å². The van der Waals surface area contributed by atoms with E-state index in [1.165, 1.54) is 0 Å². The van der Waals surface area contributed by atoms with Crippen molar-refractivity contribution in [2.24, 2.45) is 0 Å². The van der Waals surface area contributed by atoms with Crippen molar-refractivity contribution >= 4 is 5.84 Å². The molecule has 1 heterocycles. The van der Waals surface area contributed by atoms with Gasteiger partial charge in [-0.3, -0.25) is 10.4 Å².